The summed E-state index contributed by atoms with van der Waals surface area (Å²) in [6.07, 6.45) is 10.4. The maximum Gasteiger partial charge on any atom is 0.280 e. The van der Waals surface area contributed by atoms with Gasteiger partial charge >= 0.3 is 0 Å². The molecule has 0 unspecified atom stereocenters. The largest absolute Gasteiger partial charge is 0.347 e. The van der Waals surface area contributed by atoms with Gasteiger partial charge in [0.25, 0.3) is 5.56 Å². The van der Waals surface area contributed by atoms with Gasteiger partial charge in [-0.05, 0) is 60.2 Å². The monoisotopic (exact) mass is 474 g/mol. The van der Waals surface area contributed by atoms with Gasteiger partial charge in [0.05, 0.1) is 40.2 Å². The summed E-state index contributed by atoms with van der Waals surface area (Å²) in [6, 6.07) is 12.3. The van der Waals surface area contributed by atoms with E-state index in [1.807, 2.05) is 18.2 Å². The zero-order valence-corrected chi connectivity index (χ0v) is 19.9. The lowest BCUT2D eigenvalue weighted by molar-refractivity contribution is -0.159. The van der Waals surface area contributed by atoms with E-state index in [1.54, 1.807) is 0 Å². The molecule has 0 amide bonds. The molecule has 2 spiro atoms. The average molecular weight is 475 g/mol. The fourth-order valence-corrected chi connectivity index (χ4v) is 6.95. The number of para-hydroxylation sites is 1. The van der Waals surface area contributed by atoms with Crippen LogP contribution in [0, 0.1) is 0 Å². The second-order valence-corrected chi connectivity index (χ2v) is 10.5. The van der Waals surface area contributed by atoms with Gasteiger partial charge in [-0.25, -0.2) is 0 Å². The fourth-order valence-electron chi connectivity index (χ4n) is 6.70. The second-order valence-electron chi connectivity index (χ2n) is 10.1. The molecule has 3 heterocycles. The van der Waals surface area contributed by atoms with E-state index < -0.39 is 5.79 Å². The van der Waals surface area contributed by atoms with E-state index in [2.05, 4.69) is 28.8 Å². The van der Waals surface area contributed by atoms with Crippen LogP contribution in [0.5, 0.6) is 0 Å². The molecule has 0 N–H and O–H groups in total. The Hall–Kier alpha value is -2.47. The Morgan fingerprint density at radius 3 is 2.59 bits per heavy atom. The molecule has 174 valence electrons. The van der Waals surface area contributed by atoms with Crippen molar-refractivity contribution in [2.24, 2.45) is 0 Å². The quantitative estimate of drug-likeness (QED) is 0.439. The van der Waals surface area contributed by atoms with Crippen LogP contribution < -0.4 is 5.56 Å². The van der Waals surface area contributed by atoms with Crippen LogP contribution in [0.2, 0.25) is 5.02 Å². The van der Waals surface area contributed by atoms with Crippen molar-refractivity contribution in [2.75, 3.05) is 13.2 Å². The molecule has 2 aromatic carbocycles. The van der Waals surface area contributed by atoms with Gasteiger partial charge < -0.3 is 9.47 Å². The van der Waals surface area contributed by atoms with Crippen LogP contribution in [0.25, 0.3) is 22.2 Å². The summed E-state index contributed by atoms with van der Waals surface area (Å²) in [6.45, 7) is 1.37. The number of hydrogen-bond donors (Lipinski definition) is 0. The Bertz CT molecular complexity index is 1410. The van der Waals surface area contributed by atoms with Crippen molar-refractivity contribution in [2.45, 2.75) is 62.6 Å². The first-order valence-corrected chi connectivity index (χ1v) is 12.8. The molecule has 5 nitrogen and oxygen atoms in total. The number of fused-ring (bicyclic) bond motifs is 7. The minimum Gasteiger partial charge on any atom is -0.347 e. The van der Waals surface area contributed by atoms with Crippen LogP contribution in [0.4, 0.5) is 0 Å². The Labute approximate surface area is 203 Å². The lowest BCUT2D eigenvalue weighted by atomic mass is 9.69. The highest BCUT2D eigenvalue weighted by atomic mass is 35.5. The molecule has 2 aliphatic heterocycles. The summed E-state index contributed by atoms with van der Waals surface area (Å²) in [5.74, 6) is 0.454. The zero-order chi connectivity index (χ0) is 22.9. The smallest absolute Gasteiger partial charge is 0.280 e. The standard InChI is InChI=1S/C28H27ClN2O3/c29-22-6-4-5-20-24(22)31-23-8-7-19(18-9-13-28(14-10-18)33-15-16-34-28)17-21(23)27(11-2-1-3-12-27)26(31)30-25(20)32/h4-9,17H,1-3,10-16H2. The number of hydrogen-bond acceptors (Lipinski definition) is 4. The van der Waals surface area contributed by atoms with Crippen LogP contribution in [0.3, 0.4) is 0 Å². The van der Waals surface area contributed by atoms with Crippen molar-refractivity contribution in [3.63, 3.8) is 0 Å². The van der Waals surface area contributed by atoms with Crippen molar-refractivity contribution in [3.05, 3.63) is 74.8 Å². The van der Waals surface area contributed by atoms with Gasteiger partial charge in [0.15, 0.2) is 5.79 Å². The molecular weight excluding hydrogens is 448 g/mol. The Balaban J connectivity index is 1.42. The number of allylic oxidation sites excluding steroid dienone is 1. The van der Waals surface area contributed by atoms with Gasteiger partial charge in [-0.1, -0.05) is 49.1 Å². The molecule has 2 aliphatic carbocycles. The highest BCUT2D eigenvalue weighted by molar-refractivity contribution is 6.35. The summed E-state index contributed by atoms with van der Waals surface area (Å²) >= 11 is 6.70. The van der Waals surface area contributed by atoms with Crippen molar-refractivity contribution < 1.29 is 9.47 Å². The summed E-state index contributed by atoms with van der Waals surface area (Å²) in [7, 11) is 0. The van der Waals surface area contributed by atoms with Crippen LogP contribution in [-0.2, 0) is 14.9 Å². The van der Waals surface area contributed by atoms with E-state index in [0.717, 1.165) is 62.0 Å². The van der Waals surface area contributed by atoms with Crippen molar-refractivity contribution in [1.29, 1.82) is 0 Å². The number of benzene rings is 2. The van der Waals surface area contributed by atoms with Gasteiger partial charge in [0.1, 0.15) is 5.82 Å². The number of nitrogens with zero attached hydrogens (tertiary/aromatic N) is 2. The van der Waals surface area contributed by atoms with Crippen LogP contribution in [0.1, 0.15) is 68.3 Å². The maximum atomic E-state index is 13.1. The molecular formula is C28H27ClN2O3. The van der Waals surface area contributed by atoms with Gasteiger partial charge in [-0.3, -0.25) is 9.36 Å². The normalized spacial score (nSPS) is 22.2. The van der Waals surface area contributed by atoms with Gasteiger partial charge in [0.2, 0.25) is 0 Å². The first kappa shape index (κ1) is 20.9. The molecule has 1 saturated heterocycles. The van der Waals surface area contributed by atoms with E-state index in [4.69, 9.17) is 26.1 Å². The summed E-state index contributed by atoms with van der Waals surface area (Å²) in [5.41, 5.74) is 5.37. The SMILES string of the molecule is O=c1nc2n(c3c(Cl)cccc13)-c1ccc(C3=CCC4(CC3)OCCO4)cc1C21CCCCC1. The Morgan fingerprint density at radius 1 is 1.00 bits per heavy atom. The molecule has 4 aliphatic rings. The molecule has 7 rings (SSSR count). The maximum absolute atomic E-state index is 13.1. The number of aromatic nitrogens is 2. The first-order valence-electron chi connectivity index (χ1n) is 12.4. The summed E-state index contributed by atoms with van der Waals surface area (Å²) in [5, 5.41) is 1.17. The van der Waals surface area contributed by atoms with Crippen molar-refractivity contribution in [3.8, 4) is 5.69 Å². The Morgan fingerprint density at radius 2 is 1.82 bits per heavy atom. The van der Waals surface area contributed by atoms with E-state index in [0.29, 0.717) is 23.6 Å². The van der Waals surface area contributed by atoms with Gasteiger partial charge in [-0.15, -0.1) is 0 Å². The third kappa shape index (κ3) is 2.87. The lowest BCUT2D eigenvalue weighted by Crippen LogP contribution is -2.32. The molecule has 0 bridgehead atoms. The van der Waals surface area contributed by atoms with Crippen molar-refractivity contribution >= 4 is 28.1 Å². The van der Waals surface area contributed by atoms with Crippen LogP contribution in [-0.4, -0.2) is 28.6 Å². The minimum atomic E-state index is -0.416. The predicted octanol–water partition coefficient (Wildman–Crippen LogP) is 5.91. The molecule has 1 aromatic heterocycles. The topological polar surface area (TPSA) is 53.4 Å². The second kappa shape index (κ2) is 7.51. The number of halogens is 1. The lowest BCUT2D eigenvalue weighted by Gasteiger charge is -2.34. The number of ether oxygens (including phenoxy) is 2. The summed E-state index contributed by atoms with van der Waals surface area (Å²) < 4.78 is 14.0. The first-order chi connectivity index (χ1) is 16.6. The van der Waals surface area contributed by atoms with Crippen LogP contribution >= 0.6 is 11.6 Å². The highest BCUT2D eigenvalue weighted by Crippen LogP contribution is 2.52. The van der Waals surface area contributed by atoms with E-state index >= 15 is 0 Å². The third-order valence-electron chi connectivity index (χ3n) is 8.37. The van der Waals surface area contributed by atoms with E-state index in [9.17, 15) is 4.79 Å². The minimum absolute atomic E-state index is 0.182. The van der Waals surface area contributed by atoms with Gasteiger partial charge in [0, 0.05) is 12.8 Å². The molecule has 0 atom stereocenters. The zero-order valence-electron chi connectivity index (χ0n) is 19.1. The average Bonchev–Trinajstić information content (AvgIpc) is 3.42. The molecule has 1 saturated carbocycles. The van der Waals surface area contributed by atoms with Gasteiger partial charge in [-0.2, -0.15) is 4.98 Å². The van der Waals surface area contributed by atoms with E-state index in [1.165, 1.54) is 23.1 Å². The molecule has 2 fully saturated rings. The Kier molecular flexibility index (Phi) is 4.61. The molecule has 34 heavy (non-hydrogen) atoms. The van der Waals surface area contributed by atoms with E-state index in [-0.39, 0.29) is 11.0 Å². The number of rotatable bonds is 1. The molecule has 0 radical (unpaired) electrons. The van der Waals surface area contributed by atoms with Crippen molar-refractivity contribution in [1.82, 2.24) is 9.55 Å². The summed E-state index contributed by atoms with van der Waals surface area (Å²) in [4.78, 5) is 17.8. The van der Waals surface area contributed by atoms with Crippen LogP contribution in [0.15, 0.2) is 47.3 Å². The predicted molar refractivity (Wildman–Crippen MR) is 133 cm³/mol. The highest BCUT2D eigenvalue weighted by Gasteiger charge is 2.47. The molecule has 6 heteroatoms. The third-order valence-corrected chi connectivity index (χ3v) is 8.67. The molecule has 3 aromatic rings. The fraction of sp³-hybridized carbons (Fsp3) is 0.429.